The number of benzene rings is 1. The highest BCUT2D eigenvalue weighted by molar-refractivity contribution is 6.30. The van der Waals surface area contributed by atoms with Crippen LogP contribution in [0, 0.1) is 22.7 Å². The Morgan fingerprint density at radius 3 is 2.50 bits per heavy atom. The molecule has 0 aromatic heterocycles. The van der Waals surface area contributed by atoms with Gasteiger partial charge >= 0.3 is 0 Å². The predicted octanol–water partition coefficient (Wildman–Crippen LogP) is 3.57. The van der Waals surface area contributed by atoms with Crippen LogP contribution in [0.15, 0.2) is 24.3 Å². The third-order valence-electron chi connectivity index (χ3n) is 4.55. The molecule has 96 valence electrons. The Bertz CT molecular complexity index is 474. The Labute approximate surface area is 113 Å². The van der Waals surface area contributed by atoms with Crippen molar-refractivity contribution in [2.24, 2.45) is 11.3 Å². The maximum absolute atomic E-state index is 10.6. The number of aliphatic hydroxyl groups is 1. The van der Waals surface area contributed by atoms with Crippen LogP contribution in [0.3, 0.4) is 0 Å². The molecule has 2 rings (SSSR count). The zero-order chi connectivity index (χ0) is 13.4. The smallest absolute Gasteiger partial charge is 0.0833 e. The minimum Gasteiger partial charge on any atom is -0.388 e. The van der Waals surface area contributed by atoms with E-state index in [-0.39, 0.29) is 5.92 Å². The molecule has 0 saturated heterocycles. The van der Waals surface area contributed by atoms with Crippen molar-refractivity contribution < 1.29 is 5.11 Å². The normalized spacial score (nSPS) is 35.4. The first-order valence-corrected chi connectivity index (χ1v) is 6.65. The first-order valence-electron chi connectivity index (χ1n) is 6.27. The molecular formula is C15H18ClNO. The first-order chi connectivity index (χ1) is 8.39. The highest BCUT2D eigenvalue weighted by Gasteiger charge is 2.53. The zero-order valence-corrected chi connectivity index (χ0v) is 11.5. The van der Waals surface area contributed by atoms with Crippen molar-refractivity contribution in [1.82, 2.24) is 0 Å². The van der Waals surface area contributed by atoms with Gasteiger partial charge in [0, 0.05) is 5.02 Å². The van der Waals surface area contributed by atoms with Crippen LogP contribution in [0.2, 0.25) is 5.02 Å². The molecular weight excluding hydrogens is 246 g/mol. The van der Waals surface area contributed by atoms with Crippen LogP contribution < -0.4 is 0 Å². The average Bonchev–Trinajstić information content (AvgIpc) is 2.56. The number of nitrogens with zero attached hydrogens (tertiary/aromatic N) is 1. The van der Waals surface area contributed by atoms with E-state index in [2.05, 4.69) is 6.07 Å². The van der Waals surface area contributed by atoms with Crippen molar-refractivity contribution in [3.8, 4) is 6.07 Å². The summed E-state index contributed by atoms with van der Waals surface area (Å²) < 4.78 is 0. The van der Waals surface area contributed by atoms with Gasteiger partial charge in [-0.2, -0.15) is 5.26 Å². The van der Waals surface area contributed by atoms with Gasteiger partial charge in [0.15, 0.2) is 0 Å². The molecule has 3 atom stereocenters. The first kappa shape index (κ1) is 13.4. The molecule has 1 aliphatic carbocycles. The summed E-state index contributed by atoms with van der Waals surface area (Å²) in [6.45, 7) is 3.65. The number of halogens is 1. The number of nitriles is 1. The summed E-state index contributed by atoms with van der Waals surface area (Å²) in [6, 6.07) is 9.99. The van der Waals surface area contributed by atoms with Gasteiger partial charge in [0.1, 0.15) is 0 Å². The van der Waals surface area contributed by atoms with Gasteiger partial charge in [-0.25, -0.2) is 0 Å². The minimum atomic E-state index is -0.929. The maximum atomic E-state index is 10.6. The van der Waals surface area contributed by atoms with Crippen LogP contribution in [0.4, 0.5) is 0 Å². The Kier molecular flexibility index (Phi) is 3.40. The highest BCUT2D eigenvalue weighted by Crippen LogP contribution is 2.50. The van der Waals surface area contributed by atoms with Crippen molar-refractivity contribution in [2.75, 3.05) is 0 Å². The molecule has 1 aromatic carbocycles. The van der Waals surface area contributed by atoms with Crippen LogP contribution in [0.25, 0.3) is 0 Å². The largest absolute Gasteiger partial charge is 0.388 e. The molecule has 3 unspecified atom stereocenters. The monoisotopic (exact) mass is 263 g/mol. The Morgan fingerprint density at radius 2 is 2.00 bits per heavy atom. The molecule has 2 nitrogen and oxygen atoms in total. The minimum absolute atomic E-state index is 0.128. The molecule has 0 heterocycles. The fraction of sp³-hybridized carbons (Fsp3) is 0.533. The topological polar surface area (TPSA) is 44.0 Å². The second-order valence-corrected chi connectivity index (χ2v) is 6.09. The lowest BCUT2D eigenvalue weighted by Gasteiger charge is -2.35. The molecule has 18 heavy (non-hydrogen) atoms. The number of rotatable bonds is 2. The molecule has 0 amide bonds. The molecule has 1 N–H and O–H groups in total. The van der Waals surface area contributed by atoms with Crippen molar-refractivity contribution in [3.05, 3.63) is 34.9 Å². The van der Waals surface area contributed by atoms with E-state index in [0.29, 0.717) is 0 Å². The van der Waals surface area contributed by atoms with Crippen molar-refractivity contribution in [3.63, 3.8) is 0 Å². The van der Waals surface area contributed by atoms with Crippen LogP contribution in [-0.2, 0) is 6.42 Å². The summed E-state index contributed by atoms with van der Waals surface area (Å²) in [5, 5.41) is 20.6. The molecule has 0 aliphatic heterocycles. The summed E-state index contributed by atoms with van der Waals surface area (Å²) in [5.41, 5.74) is -0.405. The lowest BCUT2D eigenvalue weighted by Crippen LogP contribution is -2.43. The van der Waals surface area contributed by atoms with E-state index >= 15 is 0 Å². The van der Waals surface area contributed by atoms with E-state index in [9.17, 15) is 10.4 Å². The van der Waals surface area contributed by atoms with Gasteiger partial charge in [-0.05, 0) is 56.7 Å². The molecule has 1 aromatic rings. The Hall–Kier alpha value is -1.04. The lowest BCUT2D eigenvalue weighted by molar-refractivity contribution is -0.0418. The molecule has 0 radical (unpaired) electrons. The molecule has 0 bridgehead atoms. The highest BCUT2D eigenvalue weighted by atomic mass is 35.5. The molecule has 1 fully saturated rings. The maximum Gasteiger partial charge on any atom is 0.0833 e. The van der Waals surface area contributed by atoms with Gasteiger partial charge in [0.25, 0.3) is 0 Å². The van der Waals surface area contributed by atoms with Gasteiger partial charge in [-0.15, -0.1) is 0 Å². The SMILES string of the molecule is CC1(C#N)CCC(Cc2ccc(Cl)cc2)C1(C)O. The van der Waals surface area contributed by atoms with E-state index in [4.69, 9.17) is 11.6 Å². The van der Waals surface area contributed by atoms with E-state index in [0.717, 1.165) is 29.8 Å². The van der Waals surface area contributed by atoms with E-state index in [1.54, 1.807) is 6.92 Å². The fourth-order valence-electron chi connectivity index (χ4n) is 2.82. The Balaban J connectivity index is 2.17. The van der Waals surface area contributed by atoms with Gasteiger partial charge in [0.2, 0.25) is 0 Å². The second-order valence-electron chi connectivity index (χ2n) is 5.66. The third-order valence-corrected chi connectivity index (χ3v) is 4.80. The van der Waals surface area contributed by atoms with Gasteiger partial charge in [0.05, 0.1) is 17.1 Å². The van der Waals surface area contributed by atoms with Gasteiger partial charge in [-0.3, -0.25) is 0 Å². The van der Waals surface area contributed by atoms with Crippen LogP contribution in [-0.4, -0.2) is 10.7 Å². The molecule has 3 heteroatoms. The summed E-state index contributed by atoms with van der Waals surface area (Å²) in [6.07, 6.45) is 2.44. The summed E-state index contributed by atoms with van der Waals surface area (Å²) in [5.74, 6) is 0.128. The van der Waals surface area contributed by atoms with Crippen LogP contribution in [0.1, 0.15) is 32.3 Å². The number of hydrogen-bond acceptors (Lipinski definition) is 2. The van der Waals surface area contributed by atoms with Gasteiger partial charge < -0.3 is 5.11 Å². The van der Waals surface area contributed by atoms with Crippen molar-refractivity contribution in [2.45, 2.75) is 38.7 Å². The number of hydrogen-bond donors (Lipinski definition) is 1. The second kappa shape index (κ2) is 4.57. The lowest BCUT2D eigenvalue weighted by atomic mass is 9.74. The summed E-state index contributed by atoms with van der Waals surface area (Å²) >= 11 is 5.86. The summed E-state index contributed by atoms with van der Waals surface area (Å²) in [4.78, 5) is 0. The van der Waals surface area contributed by atoms with E-state index in [1.807, 2.05) is 31.2 Å². The predicted molar refractivity (Wildman–Crippen MR) is 72.2 cm³/mol. The molecule has 1 aliphatic rings. The van der Waals surface area contributed by atoms with Crippen molar-refractivity contribution in [1.29, 1.82) is 5.26 Å². The van der Waals surface area contributed by atoms with Crippen LogP contribution >= 0.6 is 11.6 Å². The van der Waals surface area contributed by atoms with Gasteiger partial charge in [-0.1, -0.05) is 23.7 Å². The molecule has 0 spiro atoms. The van der Waals surface area contributed by atoms with Crippen LogP contribution in [0.5, 0.6) is 0 Å². The van der Waals surface area contributed by atoms with Crippen molar-refractivity contribution >= 4 is 11.6 Å². The average molecular weight is 264 g/mol. The zero-order valence-electron chi connectivity index (χ0n) is 10.8. The van der Waals surface area contributed by atoms with E-state index < -0.39 is 11.0 Å². The molecule has 1 saturated carbocycles. The Morgan fingerprint density at radius 1 is 1.39 bits per heavy atom. The summed E-state index contributed by atoms with van der Waals surface area (Å²) in [7, 11) is 0. The van der Waals surface area contributed by atoms with E-state index in [1.165, 1.54) is 0 Å². The standard InChI is InChI=1S/C15H18ClNO/c1-14(10-17)8-7-12(15(14,2)18)9-11-3-5-13(16)6-4-11/h3-6,12,18H,7-9H2,1-2H3. The fourth-order valence-corrected chi connectivity index (χ4v) is 2.95. The third kappa shape index (κ3) is 2.13. The quantitative estimate of drug-likeness (QED) is 0.886.